The second-order valence-electron chi connectivity index (χ2n) is 6.83. The van der Waals surface area contributed by atoms with E-state index >= 15 is 0 Å². The monoisotopic (exact) mass is 348 g/mol. The smallest absolute Gasteiger partial charge is 0.246 e. The number of carbonyl (C=O) groups is 2. The van der Waals surface area contributed by atoms with E-state index in [4.69, 9.17) is 4.74 Å². The number of ether oxygens (including phenoxy) is 1. The highest BCUT2D eigenvalue weighted by atomic mass is 32.2. The second-order valence-corrected chi connectivity index (χ2v) is 8.47. The minimum atomic E-state index is -0.457. The molecule has 2 amide bonds. The van der Waals surface area contributed by atoms with Gasteiger partial charge in [-0.1, -0.05) is 19.1 Å². The lowest BCUT2D eigenvalue weighted by Crippen LogP contribution is -2.64. The van der Waals surface area contributed by atoms with Gasteiger partial charge >= 0.3 is 0 Å². The molecule has 1 atom stereocenters. The summed E-state index contributed by atoms with van der Waals surface area (Å²) in [7, 11) is 0. The average molecular weight is 348 g/mol. The highest BCUT2D eigenvalue weighted by Gasteiger charge is 2.42. The Morgan fingerprint density at radius 2 is 2.17 bits per heavy atom. The van der Waals surface area contributed by atoms with Crippen LogP contribution in [0.25, 0.3) is 0 Å². The summed E-state index contributed by atoms with van der Waals surface area (Å²) < 4.78 is 5.47. The molecule has 0 radical (unpaired) electrons. The number of likely N-dealkylation sites (tertiary alicyclic amines) is 1. The van der Waals surface area contributed by atoms with Crippen LogP contribution in [0.5, 0.6) is 5.75 Å². The van der Waals surface area contributed by atoms with Gasteiger partial charge in [0.1, 0.15) is 17.9 Å². The van der Waals surface area contributed by atoms with E-state index in [0.29, 0.717) is 18.8 Å². The van der Waals surface area contributed by atoms with Crippen molar-refractivity contribution in [1.29, 1.82) is 0 Å². The molecule has 0 saturated carbocycles. The van der Waals surface area contributed by atoms with Crippen molar-refractivity contribution in [3.05, 3.63) is 29.8 Å². The molecule has 6 heteroatoms. The van der Waals surface area contributed by atoms with E-state index in [-0.39, 0.29) is 17.9 Å². The molecule has 1 aromatic rings. The molecule has 0 bridgehead atoms. The van der Waals surface area contributed by atoms with E-state index in [1.54, 1.807) is 4.90 Å². The van der Waals surface area contributed by atoms with Gasteiger partial charge in [-0.3, -0.25) is 9.59 Å². The van der Waals surface area contributed by atoms with E-state index in [2.05, 4.69) is 18.3 Å². The van der Waals surface area contributed by atoms with Crippen LogP contribution in [0.15, 0.2) is 24.3 Å². The molecule has 2 fully saturated rings. The summed E-state index contributed by atoms with van der Waals surface area (Å²) in [5, 5.41) is 2.84. The zero-order valence-corrected chi connectivity index (χ0v) is 15.2. The van der Waals surface area contributed by atoms with Crippen LogP contribution in [0.3, 0.4) is 0 Å². The SMILES string of the molecule is CCc1cccc(OC2CN(C(=O)[C@H]3CSC(C)(C)C(=O)N3)C2)c1. The van der Waals surface area contributed by atoms with Crippen molar-refractivity contribution < 1.29 is 14.3 Å². The summed E-state index contributed by atoms with van der Waals surface area (Å²) in [6.07, 6.45) is 1.01. The molecule has 5 nitrogen and oxygen atoms in total. The first kappa shape index (κ1) is 17.1. The number of thioether (sulfide) groups is 1. The predicted octanol–water partition coefficient (Wildman–Crippen LogP) is 1.85. The van der Waals surface area contributed by atoms with Gasteiger partial charge in [0.25, 0.3) is 0 Å². The number of amides is 2. The lowest BCUT2D eigenvalue weighted by Gasteiger charge is -2.42. The summed E-state index contributed by atoms with van der Waals surface area (Å²) in [6, 6.07) is 7.65. The number of hydrogen-bond donors (Lipinski definition) is 1. The maximum Gasteiger partial charge on any atom is 0.246 e. The molecule has 1 aromatic carbocycles. The molecular formula is C18H24N2O3S. The number of nitrogens with one attached hydrogen (secondary N) is 1. The summed E-state index contributed by atoms with van der Waals surface area (Å²) in [6.45, 7) is 7.03. The Morgan fingerprint density at radius 1 is 1.42 bits per heavy atom. The zero-order chi connectivity index (χ0) is 17.3. The Labute approximate surface area is 147 Å². The van der Waals surface area contributed by atoms with E-state index in [0.717, 1.165) is 12.2 Å². The molecule has 0 aromatic heterocycles. The molecule has 24 heavy (non-hydrogen) atoms. The van der Waals surface area contributed by atoms with Crippen LogP contribution in [-0.2, 0) is 16.0 Å². The van der Waals surface area contributed by atoms with E-state index < -0.39 is 10.8 Å². The Bertz CT molecular complexity index is 641. The van der Waals surface area contributed by atoms with E-state index in [9.17, 15) is 9.59 Å². The molecule has 0 unspecified atom stereocenters. The number of nitrogens with zero attached hydrogens (tertiary/aromatic N) is 1. The molecule has 2 aliphatic rings. The average Bonchev–Trinajstić information content (AvgIpc) is 2.52. The van der Waals surface area contributed by atoms with Gasteiger partial charge in [0, 0.05) is 5.75 Å². The van der Waals surface area contributed by atoms with Crippen molar-refractivity contribution in [3.63, 3.8) is 0 Å². The molecule has 0 aliphatic carbocycles. The minimum Gasteiger partial charge on any atom is -0.487 e. The van der Waals surface area contributed by atoms with E-state index in [1.165, 1.54) is 17.3 Å². The Hall–Kier alpha value is -1.69. The summed E-state index contributed by atoms with van der Waals surface area (Å²) >= 11 is 1.53. The van der Waals surface area contributed by atoms with Crippen molar-refractivity contribution in [1.82, 2.24) is 10.2 Å². The van der Waals surface area contributed by atoms with Crippen LogP contribution < -0.4 is 10.1 Å². The van der Waals surface area contributed by atoms with Crippen LogP contribution in [-0.4, -0.2) is 52.4 Å². The number of benzene rings is 1. The number of aryl methyl sites for hydroxylation is 1. The van der Waals surface area contributed by atoms with Crippen LogP contribution in [0.1, 0.15) is 26.3 Å². The Kier molecular flexibility index (Phi) is 4.76. The number of hydrogen-bond acceptors (Lipinski definition) is 4. The lowest BCUT2D eigenvalue weighted by atomic mass is 10.1. The summed E-state index contributed by atoms with van der Waals surface area (Å²) in [5.74, 6) is 1.41. The fourth-order valence-electron chi connectivity index (χ4n) is 2.81. The predicted molar refractivity (Wildman–Crippen MR) is 95.3 cm³/mol. The molecule has 3 rings (SSSR count). The summed E-state index contributed by atoms with van der Waals surface area (Å²) in [4.78, 5) is 26.2. The van der Waals surface area contributed by atoms with Gasteiger partial charge in [-0.05, 0) is 38.0 Å². The van der Waals surface area contributed by atoms with Crippen molar-refractivity contribution in [2.24, 2.45) is 0 Å². The van der Waals surface area contributed by atoms with Crippen LogP contribution in [0.2, 0.25) is 0 Å². The molecule has 2 saturated heterocycles. The van der Waals surface area contributed by atoms with Gasteiger partial charge in [0.05, 0.1) is 17.8 Å². The van der Waals surface area contributed by atoms with Crippen molar-refractivity contribution >= 4 is 23.6 Å². The number of carbonyl (C=O) groups excluding carboxylic acids is 2. The third-order valence-corrected chi connectivity index (χ3v) is 5.94. The quantitative estimate of drug-likeness (QED) is 0.902. The van der Waals surface area contributed by atoms with Gasteiger partial charge in [-0.2, -0.15) is 0 Å². The topological polar surface area (TPSA) is 58.6 Å². The summed E-state index contributed by atoms with van der Waals surface area (Å²) in [5.41, 5.74) is 1.24. The third kappa shape index (κ3) is 3.53. The highest BCUT2D eigenvalue weighted by molar-refractivity contribution is 8.01. The fourth-order valence-corrected chi connectivity index (χ4v) is 3.81. The second kappa shape index (κ2) is 6.67. The fraction of sp³-hybridized carbons (Fsp3) is 0.556. The third-order valence-electron chi connectivity index (χ3n) is 4.53. The van der Waals surface area contributed by atoms with E-state index in [1.807, 2.05) is 32.0 Å². The molecule has 1 N–H and O–H groups in total. The Morgan fingerprint density at radius 3 is 2.83 bits per heavy atom. The highest BCUT2D eigenvalue weighted by Crippen LogP contribution is 2.30. The van der Waals surface area contributed by atoms with Crippen LogP contribution in [0, 0.1) is 0 Å². The largest absolute Gasteiger partial charge is 0.487 e. The van der Waals surface area contributed by atoms with Crippen LogP contribution >= 0.6 is 11.8 Å². The minimum absolute atomic E-state index is 0.00601. The normalized spacial score (nSPS) is 23.4. The number of rotatable bonds is 4. The van der Waals surface area contributed by atoms with Gasteiger partial charge in [0.15, 0.2) is 0 Å². The maximum absolute atomic E-state index is 12.5. The lowest BCUT2D eigenvalue weighted by molar-refractivity contribution is -0.144. The van der Waals surface area contributed by atoms with Gasteiger partial charge < -0.3 is 15.0 Å². The van der Waals surface area contributed by atoms with Crippen LogP contribution in [0.4, 0.5) is 0 Å². The standard InChI is InChI=1S/C18H24N2O3S/c1-4-12-6-5-7-13(8-12)23-14-9-20(10-14)16(21)15-11-24-18(2,3)17(22)19-15/h5-8,14-15H,4,9-11H2,1-3H3,(H,19,22)/t15-/m1/s1. The molecular weight excluding hydrogens is 324 g/mol. The maximum atomic E-state index is 12.5. The molecule has 130 valence electrons. The van der Waals surface area contributed by atoms with Crippen molar-refractivity contribution in [2.45, 2.75) is 44.1 Å². The first-order valence-corrected chi connectivity index (χ1v) is 9.37. The molecule has 2 aliphatic heterocycles. The molecule has 2 heterocycles. The van der Waals surface area contributed by atoms with Gasteiger partial charge in [-0.15, -0.1) is 11.8 Å². The van der Waals surface area contributed by atoms with Crippen molar-refractivity contribution in [2.75, 3.05) is 18.8 Å². The molecule has 0 spiro atoms. The van der Waals surface area contributed by atoms with Crippen molar-refractivity contribution in [3.8, 4) is 5.75 Å². The van der Waals surface area contributed by atoms with Gasteiger partial charge in [0.2, 0.25) is 11.8 Å². The Balaban J connectivity index is 1.49. The van der Waals surface area contributed by atoms with Gasteiger partial charge in [-0.25, -0.2) is 0 Å². The first-order chi connectivity index (χ1) is 11.4. The first-order valence-electron chi connectivity index (χ1n) is 8.38. The zero-order valence-electron chi connectivity index (χ0n) is 14.4.